The Bertz CT molecular complexity index is 656. The van der Waals surface area contributed by atoms with Crippen LogP contribution in [0.2, 0.25) is 0 Å². The highest BCUT2D eigenvalue weighted by Crippen LogP contribution is 2.52. The summed E-state index contributed by atoms with van der Waals surface area (Å²) in [6.45, 7) is 1.88. The summed E-state index contributed by atoms with van der Waals surface area (Å²) in [5.41, 5.74) is 0.789. The van der Waals surface area contributed by atoms with Gasteiger partial charge in [0.2, 0.25) is 10.0 Å². The molecule has 1 aliphatic heterocycles. The lowest BCUT2D eigenvalue weighted by Crippen LogP contribution is -2.31. The van der Waals surface area contributed by atoms with E-state index >= 15 is 0 Å². The summed E-state index contributed by atoms with van der Waals surface area (Å²) in [6, 6.07) is 7.01. The quantitative estimate of drug-likeness (QED) is 0.793. The summed E-state index contributed by atoms with van der Waals surface area (Å²) >= 11 is 12.0. The first-order valence-electron chi connectivity index (χ1n) is 8.11. The minimum absolute atomic E-state index is 0.219. The smallest absolute Gasteiger partial charge is 0.243 e. The summed E-state index contributed by atoms with van der Waals surface area (Å²) in [7, 11) is -3.41. The third kappa shape index (κ3) is 4.13. The molecule has 1 N–H and O–H groups in total. The van der Waals surface area contributed by atoms with Gasteiger partial charge in [-0.3, -0.25) is 0 Å². The third-order valence-corrected chi connectivity index (χ3v) is 7.37. The van der Waals surface area contributed by atoms with Gasteiger partial charge < -0.3 is 5.32 Å². The van der Waals surface area contributed by atoms with Crippen molar-refractivity contribution in [3.05, 3.63) is 24.3 Å². The third-order valence-electron chi connectivity index (χ3n) is 4.55. The van der Waals surface area contributed by atoms with Crippen LogP contribution in [0.3, 0.4) is 0 Å². The van der Waals surface area contributed by atoms with Crippen molar-refractivity contribution in [3.8, 4) is 0 Å². The second kappa shape index (κ2) is 6.79. The van der Waals surface area contributed by atoms with Crippen molar-refractivity contribution in [2.75, 3.05) is 25.0 Å². The zero-order chi connectivity index (χ0) is 16.5. The minimum atomic E-state index is -3.41. The SMILES string of the molecule is O=S(=O)(c1cccc(NC[C@@H]2CC2(Cl)Cl)c1)N1CCCCCC1. The molecule has 0 amide bonds. The number of hydrogen-bond donors (Lipinski definition) is 1. The van der Waals surface area contributed by atoms with E-state index in [2.05, 4.69) is 5.32 Å². The van der Waals surface area contributed by atoms with Crippen LogP contribution >= 0.6 is 23.2 Å². The van der Waals surface area contributed by atoms with Crippen LogP contribution in [-0.4, -0.2) is 36.7 Å². The van der Waals surface area contributed by atoms with Crippen LogP contribution in [0.1, 0.15) is 32.1 Å². The van der Waals surface area contributed by atoms with Crippen LogP contribution in [0.15, 0.2) is 29.2 Å². The summed E-state index contributed by atoms with van der Waals surface area (Å²) in [6.07, 6.45) is 4.86. The van der Waals surface area contributed by atoms with Gasteiger partial charge in [-0.15, -0.1) is 23.2 Å². The average Bonchev–Trinajstić information content (AvgIpc) is 3.22. The van der Waals surface area contributed by atoms with Gasteiger partial charge in [0, 0.05) is 31.2 Å². The van der Waals surface area contributed by atoms with Crippen molar-refractivity contribution < 1.29 is 8.42 Å². The van der Waals surface area contributed by atoms with Crippen molar-refractivity contribution >= 4 is 38.9 Å². The van der Waals surface area contributed by atoms with Crippen LogP contribution < -0.4 is 5.32 Å². The maximum Gasteiger partial charge on any atom is 0.243 e. The molecule has 2 aliphatic rings. The molecule has 1 aliphatic carbocycles. The van der Waals surface area contributed by atoms with E-state index in [0.29, 0.717) is 24.5 Å². The molecule has 1 aromatic rings. The Morgan fingerprint density at radius 2 is 1.83 bits per heavy atom. The first-order valence-corrected chi connectivity index (χ1v) is 10.3. The summed E-state index contributed by atoms with van der Waals surface area (Å²) in [4.78, 5) is 0.350. The molecule has 1 aromatic carbocycles. The van der Waals surface area contributed by atoms with E-state index in [1.165, 1.54) is 0 Å². The van der Waals surface area contributed by atoms with E-state index in [-0.39, 0.29) is 5.92 Å². The molecule has 2 fully saturated rings. The van der Waals surface area contributed by atoms with Gasteiger partial charge in [0.15, 0.2) is 0 Å². The van der Waals surface area contributed by atoms with Gasteiger partial charge >= 0.3 is 0 Å². The summed E-state index contributed by atoms with van der Waals surface area (Å²) in [5.74, 6) is 0.219. The molecule has 4 nitrogen and oxygen atoms in total. The maximum atomic E-state index is 12.8. The number of halogens is 2. The fourth-order valence-corrected chi connectivity index (χ4v) is 5.02. The molecule has 1 heterocycles. The zero-order valence-electron chi connectivity index (χ0n) is 13.0. The molecule has 7 heteroatoms. The highest BCUT2D eigenvalue weighted by molar-refractivity contribution is 7.89. The predicted molar refractivity (Wildman–Crippen MR) is 94.7 cm³/mol. The number of hydrogen-bond acceptors (Lipinski definition) is 3. The molecular formula is C16H22Cl2N2O2S. The lowest BCUT2D eigenvalue weighted by atomic mass is 10.2. The molecule has 1 saturated heterocycles. The highest BCUT2D eigenvalue weighted by atomic mass is 35.5. The van der Waals surface area contributed by atoms with Gasteiger partial charge in [0.1, 0.15) is 4.33 Å². The van der Waals surface area contributed by atoms with Crippen LogP contribution in [-0.2, 0) is 10.0 Å². The standard InChI is InChI=1S/C16H22Cl2N2O2S/c17-16(18)11-13(16)12-19-14-6-5-7-15(10-14)23(21,22)20-8-3-1-2-4-9-20/h5-7,10,13,19H,1-4,8-9,11-12H2/t13-/m0/s1. The Morgan fingerprint density at radius 3 is 2.43 bits per heavy atom. The Morgan fingerprint density at radius 1 is 1.17 bits per heavy atom. The number of sulfonamides is 1. The second-order valence-corrected chi connectivity index (χ2v) is 9.87. The Labute approximate surface area is 148 Å². The first kappa shape index (κ1) is 17.3. The fraction of sp³-hybridized carbons (Fsp3) is 0.625. The molecule has 0 unspecified atom stereocenters. The molecule has 1 saturated carbocycles. The van der Waals surface area contributed by atoms with Gasteiger partial charge in [-0.05, 0) is 37.5 Å². The van der Waals surface area contributed by atoms with Crippen LogP contribution in [0.25, 0.3) is 0 Å². The molecule has 23 heavy (non-hydrogen) atoms. The van der Waals surface area contributed by atoms with E-state index in [0.717, 1.165) is 37.8 Å². The Hall–Kier alpha value is -0.490. The molecule has 0 bridgehead atoms. The van der Waals surface area contributed by atoms with E-state index < -0.39 is 14.4 Å². The highest BCUT2D eigenvalue weighted by Gasteiger charge is 2.51. The van der Waals surface area contributed by atoms with Crippen molar-refractivity contribution in [1.29, 1.82) is 0 Å². The number of alkyl halides is 2. The minimum Gasteiger partial charge on any atom is -0.385 e. The van der Waals surface area contributed by atoms with Gasteiger partial charge in [0.25, 0.3) is 0 Å². The van der Waals surface area contributed by atoms with Crippen LogP contribution in [0, 0.1) is 5.92 Å². The largest absolute Gasteiger partial charge is 0.385 e. The molecule has 1 atom stereocenters. The van der Waals surface area contributed by atoms with Gasteiger partial charge in [-0.25, -0.2) is 8.42 Å². The molecule has 0 radical (unpaired) electrons. The normalized spacial score (nSPS) is 24.9. The van der Waals surface area contributed by atoms with Crippen LogP contribution in [0.4, 0.5) is 5.69 Å². The number of nitrogens with one attached hydrogen (secondary N) is 1. The van der Waals surface area contributed by atoms with Crippen molar-refractivity contribution in [2.24, 2.45) is 5.92 Å². The summed E-state index contributed by atoms with van der Waals surface area (Å²) in [5, 5.41) is 3.24. The first-order chi connectivity index (χ1) is 10.9. The van der Waals surface area contributed by atoms with E-state index in [1.807, 2.05) is 6.07 Å². The molecule has 0 aromatic heterocycles. The lowest BCUT2D eigenvalue weighted by molar-refractivity contribution is 0.424. The number of rotatable bonds is 5. The summed E-state index contributed by atoms with van der Waals surface area (Å²) < 4.78 is 26.6. The fourth-order valence-electron chi connectivity index (χ4n) is 2.93. The number of benzene rings is 1. The molecule has 128 valence electrons. The number of anilines is 1. The Balaban J connectivity index is 1.70. The van der Waals surface area contributed by atoms with Crippen LogP contribution in [0.5, 0.6) is 0 Å². The van der Waals surface area contributed by atoms with Gasteiger partial charge in [0.05, 0.1) is 4.90 Å². The van der Waals surface area contributed by atoms with Crippen molar-refractivity contribution in [2.45, 2.75) is 41.3 Å². The topological polar surface area (TPSA) is 49.4 Å². The maximum absolute atomic E-state index is 12.8. The van der Waals surface area contributed by atoms with Crippen molar-refractivity contribution in [1.82, 2.24) is 4.31 Å². The zero-order valence-corrected chi connectivity index (χ0v) is 15.3. The van der Waals surface area contributed by atoms with E-state index in [4.69, 9.17) is 23.2 Å². The molecule has 0 spiro atoms. The van der Waals surface area contributed by atoms with E-state index in [9.17, 15) is 8.42 Å². The van der Waals surface area contributed by atoms with Gasteiger partial charge in [-0.2, -0.15) is 4.31 Å². The molecular weight excluding hydrogens is 355 g/mol. The Kier molecular flexibility index (Phi) is 5.12. The van der Waals surface area contributed by atoms with Crippen molar-refractivity contribution in [3.63, 3.8) is 0 Å². The molecule has 3 rings (SSSR count). The predicted octanol–water partition coefficient (Wildman–Crippen LogP) is 3.86. The van der Waals surface area contributed by atoms with Gasteiger partial charge in [-0.1, -0.05) is 18.9 Å². The average molecular weight is 377 g/mol. The lowest BCUT2D eigenvalue weighted by Gasteiger charge is -2.20. The monoisotopic (exact) mass is 376 g/mol. The second-order valence-electron chi connectivity index (χ2n) is 6.39. The number of nitrogens with zero attached hydrogens (tertiary/aromatic N) is 1. The van der Waals surface area contributed by atoms with E-state index in [1.54, 1.807) is 22.5 Å².